The lowest BCUT2D eigenvalue weighted by molar-refractivity contribution is 1.27. The molecule has 0 aliphatic heterocycles. The average Bonchev–Trinajstić information content (AvgIpc) is 3.07. The summed E-state index contributed by atoms with van der Waals surface area (Å²) in [5.74, 6) is 0. The average molecular weight is 332 g/mol. The molecule has 2 heteroatoms. The standard InChI is InChI=1S/C24H16N2/c1-14-10-11-17-12-16-8-5-9-18-21(16)22(17)20(14)24-23(18)26-19(13-25-24)15-6-3-2-4-7-15/h2-11,13H,12H2,1H3. The lowest BCUT2D eigenvalue weighted by Gasteiger charge is -2.11. The van der Waals surface area contributed by atoms with Gasteiger partial charge in [0.2, 0.25) is 0 Å². The van der Waals surface area contributed by atoms with E-state index in [0.717, 1.165) is 28.7 Å². The van der Waals surface area contributed by atoms with Crippen molar-refractivity contribution in [3.05, 3.63) is 83.6 Å². The Morgan fingerprint density at radius 1 is 0.731 bits per heavy atom. The van der Waals surface area contributed by atoms with Gasteiger partial charge in [-0.1, -0.05) is 60.7 Å². The summed E-state index contributed by atoms with van der Waals surface area (Å²) in [5, 5.41) is 5.24. The van der Waals surface area contributed by atoms with Gasteiger partial charge < -0.3 is 0 Å². The quantitative estimate of drug-likeness (QED) is 0.355. The number of hydrogen-bond donors (Lipinski definition) is 0. The van der Waals surface area contributed by atoms with E-state index in [0.29, 0.717) is 0 Å². The molecular formula is C24H16N2. The number of fused-ring (bicyclic) bond motifs is 3. The minimum Gasteiger partial charge on any atom is -0.252 e. The molecule has 0 atom stereocenters. The van der Waals surface area contributed by atoms with Crippen molar-refractivity contribution in [3.63, 3.8) is 0 Å². The summed E-state index contributed by atoms with van der Waals surface area (Å²) in [7, 11) is 0. The maximum absolute atomic E-state index is 5.07. The Balaban J connectivity index is 1.85. The first-order valence-corrected chi connectivity index (χ1v) is 8.99. The third kappa shape index (κ3) is 1.71. The zero-order valence-electron chi connectivity index (χ0n) is 14.5. The highest BCUT2D eigenvalue weighted by atomic mass is 14.8. The lowest BCUT2D eigenvalue weighted by atomic mass is 9.96. The fourth-order valence-electron chi connectivity index (χ4n) is 4.44. The van der Waals surface area contributed by atoms with Crippen LogP contribution in [0.1, 0.15) is 16.7 Å². The third-order valence-corrected chi connectivity index (χ3v) is 5.62. The molecule has 1 heterocycles. The Kier molecular flexibility index (Phi) is 2.63. The van der Waals surface area contributed by atoms with E-state index < -0.39 is 0 Å². The molecular weight excluding hydrogens is 316 g/mol. The monoisotopic (exact) mass is 332 g/mol. The van der Waals surface area contributed by atoms with Crippen LogP contribution in [0.4, 0.5) is 0 Å². The fraction of sp³-hybridized carbons (Fsp3) is 0.0833. The van der Waals surface area contributed by atoms with Gasteiger partial charge in [-0.25, -0.2) is 4.98 Å². The maximum atomic E-state index is 5.07. The summed E-state index contributed by atoms with van der Waals surface area (Å²) in [6.07, 6.45) is 2.92. The van der Waals surface area contributed by atoms with Gasteiger partial charge in [-0.2, -0.15) is 0 Å². The van der Waals surface area contributed by atoms with E-state index in [1.807, 2.05) is 24.4 Å². The van der Waals surface area contributed by atoms with Crippen molar-refractivity contribution in [2.45, 2.75) is 13.3 Å². The predicted octanol–water partition coefficient (Wildman–Crippen LogP) is 5.82. The minimum atomic E-state index is 0.928. The van der Waals surface area contributed by atoms with Crippen molar-refractivity contribution in [1.29, 1.82) is 0 Å². The van der Waals surface area contributed by atoms with Gasteiger partial charge in [0, 0.05) is 16.3 Å². The molecule has 2 nitrogen and oxygen atoms in total. The Bertz CT molecular complexity index is 1350. The molecule has 0 amide bonds. The highest BCUT2D eigenvalue weighted by Gasteiger charge is 2.22. The van der Waals surface area contributed by atoms with E-state index in [2.05, 4.69) is 49.4 Å². The summed E-state index contributed by atoms with van der Waals surface area (Å²) in [6, 6.07) is 21.4. The van der Waals surface area contributed by atoms with Crippen LogP contribution >= 0.6 is 0 Å². The molecule has 0 saturated carbocycles. The second kappa shape index (κ2) is 4.89. The van der Waals surface area contributed by atoms with E-state index in [4.69, 9.17) is 9.97 Å². The van der Waals surface area contributed by atoms with Crippen LogP contribution in [0.5, 0.6) is 0 Å². The van der Waals surface area contributed by atoms with Crippen LogP contribution in [0.25, 0.3) is 43.8 Å². The largest absolute Gasteiger partial charge is 0.252 e. The number of aromatic nitrogens is 2. The van der Waals surface area contributed by atoms with Crippen molar-refractivity contribution < 1.29 is 0 Å². The molecule has 0 N–H and O–H groups in total. The molecule has 0 bridgehead atoms. The highest BCUT2D eigenvalue weighted by Crippen LogP contribution is 2.43. The van der Waals surface area contributed by atoms with Crippen LogP contribution in [0.3, 0.4) is 0 Å². The summed E-state index contributed by atoms with van der Waals surface area (Å²) in [5.41, 5.74) is 8.15. The van der Waals surface area contributed by atoms with Gasteiger partial charge in [-0.05, 0) is 40.8 Å². The summed E-state index contributed by atoms with van der Waals surface area (Å²) in [6.45, 7) is 2.18. The number of hydrogen-bond acceptors (Lipinski definition) is 2. The lowest BCUT2D eigenvalue weighted by Crippen LogP contribution is -1.93. The van der Waals surface area contributed by atoms with Crippen molar-refractivity contribution in [1.82, 2.24) is 9.97 Å². The molecule has 1 aromatic heterocycles. The first kappa shape index (κ1) is 14.0. The van der Waals surface area contributed by atoms with Gasteiger partial charge in [-0.3, -0.25) is 4.98 Å². The van der Waals surface area contributed by atoms with Crippen LogP contribution < -0.4 is 0 Å². The van der Waals surface area contributed by atoms with Crippen LogP contribution in [0.2, 0.25) is 0 Å². The number of aryl methyl sites for hydroxylation is 1. The third-order valence-electron chi connectivity index (χ3n) is 5.62. The molecule has 4 aromatic carbocycles. The SMILES string of the molecule is Cc1ccc2c3c4c(cccc4c4nc(-c5ccccc5)cnc4c13)C2. The Morgan fingerprint density at radius 3 is 2.46 bits per heavy atom. The highest BCUT2D eigenvalue weighted by molar-refractivity contribution is 6.27. The molecule has 1 aliphatic carbocycles. The Hall–Kier alpha value is -3.26. The Labute approximate surface area is 151 Å². The van der Waals surface area contributed by atoms with E-state index in [9.17, 15) is 0 Å². The molecule has 0 spiro atoms. The fourth-order valence-corrected chi connectivity index (χ4v) is 4.44. The van der Waals surface area contributed by atoms with E-state index in [1.54, 1.807) is 0 Å². The molecule has 0 saturated heterocycles. The molecule has 0 fully saturated rings. The first-order chi connectivity index (χ1) is 12.8. The van der Waals surface area contributed by atoms with Crippen molar-refractivity contribution in [2.24, 2.45) is 0 Å². The molecule has 6 rings (SSSR count). The smallest absolute Gasteiger partial charge is 0.0979 e. The zero-order valence-corrected chi connectivity index (χ0v) is 14.5. The molecule has 0 radical (unpaired) electrons. The number of rotatable bonds is 1. The summed E-state index contributed by atoms with van der Waals surface area (Å²) >= 11 is 0. The van der Waals surface area contributed by atoms with Crippen LogP contribution in [0.15, 0.2) is 66.9 Å². The van der Waals surface area contributed by atoms with Crippen molar-refractivity contribution in [3.8, 4) is 11.3 Å². The maximum Gasteiger partial charge on any atom is 0.0979 e. The molecule has 5 aromatic rings. The van der Waals surface area contributed by atoms with Gasteiger partial charge in [0.25, 0.3) is 0 Å². The van der Waals surface area contributed by atoms with E-state index in [1.165, 1.54) is 38.2 Å². The zero-order chi connectivity index (χ0) is 17.3. The van der Waals surface area contributed by atoms with Crippen molar-refractivity contribution in [2.75, 3.05) is 0 Å². The second-order valence-electron chi connectivity index (χ2n) is 7.13. The molecule has 0 unspecified atom stereocenters. The minimum absolute atomic E-state index is 0.928. The van der Waals surface area contributed by atoms with Crippen LogP contribution in [-0.2, 0) is 6.42 Å². The van der Waals surface area contributed by atoms with Gasteiger partial charge in [0.15, 0.2) is 0 Å². The molecule has 122 valence electrons. The topological polar surface area (TPSA) is 25.8 Å². The van der Waals surface area contributed by atoms with Gasteiger partial charge in [0.1, 0.15) is 0 Å². The second-order valence-corrected chi connectivity index (χ2v) is 7.13. The molecule has 1 aliphatic rings. The molecule has 26 heavy (non-hydrogen) atoms. The van der Waals surface area contributed by atoms with E-state index in [-0.39, 0.29) is 0 Å². The van der Waals surface area contributed by atoms with Crippen LogP contribution in [0, 0.1) is 6.92 Å². The predicted molar refractivity (Wildman–Crippen MR) is 108 cm³/mol. The van der Waals surface area contributed by atoms with Crippen LogP contribution in [-0.4, -0.2) is 9.97 Å². The normalized spacial score (nSPS) is 12.7. The number of nitrogens with zero attached hydrogens (tertiary/aromatic N) is 2. The van der Waals surface area contributed by atoms with Gasteiger partial charge in [0.05, 0.1) is 22.9 Å². The van der Waals surface area contributed by atoms with E-state index >= 15 is 0 Å². The Morgan fingerprint density at radius 2 is 1.58 bits per heavy atom. The number of benzene rings is 4. The van der Waals surface area contributed by atoms with Gasteiger partial charge in [-0.15, -0.1) is 0 Å². The first-order valence-electron chi connectivity index (χ1n) is 8.99. The summed E-state index contributed by atoms with van der Waals surface area (Å²) < 4.78 is 0. The van der Waals surface area contributed by atoms with Crippen molar-refractivity contribution >= 4 is 32.6 Å². The van der Waals surface area contributed by atoms with Gasteiger partial charge >= 0.3 is 0 Å². The summed E-state index contributed by atoms with van der Waals surface area (Å²) in [4.78, 5) is 9.97.